The largest absolute Gasteiger partial charge is 0.382 e. The van der Waals surface area contributed by atoms with E-state index in [9.17, 15) is 4.39 Å². The van der Waals surface area contributed by atoms with Gasteiger partial charge in [0, 0.05) is 11.7 Å². The van der Waals surface area contributed by atoms with E-state index in [-0.39, 0.29) is 5.82 Å². The molecule has 0 radical (unpaired) electrons. The Hall–Kier alpha value is -1.09. The highest BCUT2D eigenvalue weighted by molar-refractivity contribution is 5.46. The molecule has 0 aromatic heterocycles. The van der Waals surface area contributed by atoms with Crippen LogP contribution in [0.3, 0.4) is 0 Å². The van der Waals surface area contributed by atoms with Crippen LogP contribution in [0, 0.1) is 12.7 Å². The van der Waals surface area contributed by atoms with Crippen molar-refractivity contribution in [1.29, 1.82) is 0 Å². The monoisotopic (exact) mass is 236 g/mol. The summed E-state index contributed by atoms with van der Waals surface area (Å²) in [6.45, 7) is 4.08. The minimum atomic E-state index is -0.124. The molecule has 0 aliphatic carbocycles. The summed E-state index contributed by atoms with van der Waals surface area (Å²) in [4.78, 5) is 2.36. The van der Waals surface area contributed by atoms with Crippen molar-refractivity contribution in [3.8, 4) is 0 Å². The Morgan fingerprint density at radius 2 is 2.12 bits per heavy atom. The smallest absolute Gasteiger partial charge is 0.128 e. The lowest BCUT2D eigenvalue weighted by Crippen LogP contribution is -2.23. The second-order valence-electron chi connectivity index (χ2n) is 5.04. The number of aryl methyl sites for hydroxylation is 1. The molecule has 2 nitrogen and oxygen atoms in total. The van der Waals surface area contributed by atoms with E-state index in [2.05, 4.69) is 17.3 Å². The molecule has 0 spiro atoms. The highest BCUT2D eigenvalue weighted by Gasteiger charge is 2.14. The summed E-state index contributed by atoms with van der Waals surface area (Å²) in [7, 11) is 2.16. The van der Waals surface area contributed by atoms with Gasteiger partial charge in [-0.3, -0.25) is 0 Å². The molecular formula is C14H21FN2. The van der Waals surface area contributed by atoms with Gasteiger partial charge in [-0.1, -0.05) is 6.07 Å². The summed E-state index contributed by atoms with van der Waals surface area (Å²) >= 11 is 0. The van der Waals surface area contributed by atoms with Crippen LogP contribution in [0.2, 0.25) is 0 Å². The molecule has 0 bridgehead atoms. The fourth-order valence-electron chi connectivity index (χ4n) is 2.30. The third-order valence-corrected chi connectivity index (χ3v) is 3.49. The van der Waals surface area contributed by atoms with E-state index in [0.29, 0.717) is 11.6 Å². The highest BCUT2D eigenvalue weighted by atomic mass is 19.1. The maximum absolute atomic E-state index is 13.4. The van der Waals surface area contributed by atoms with Crippen LogP contribution in [0.1, 0.15) is 24.8 Å². The van der Waals surface area contributed by atoms with Crippen molar-refractivity contribution in [3.63, 3.8) is 0 Å². The van der Waals surface area contributed by atoms with E-state index in [1.165, 1.54) is 19.4 Å². The van der Waals surface area contributed by atoms with Crippen molar-refractivity contribution in [1.82, 2.24) is 4.90 Å². The lowest BCUT2D eigenvalue weighted by Gasteiger charge is -2.18. The predicted octanol–water partition coefficient (Wildman–Crippen LogP) is 3.03. The van der Waals surface area contributed by atoms with Crippen LogP contribution in [0.15, 0.2) is 18.2 Å². The van der Waals surface area contributed by atoms with Gasteiger partial charge in [-0.25, -0.2) is 4.39 Å². The summed E-state index contributed by atoms with van der Waals surface area (Å²) in [6.07, 6.45) is 3.51. The summed E-state index contributed by atoms with van der Waals surface area (Å²) in [6, 6.07) is 5.87. The van der Waals surface area contributed by atoms with Crippen LogP contribution in [0.5, 0.6) is 0 Å². The van der Waals surface area contributed by atoms with Crippen LogP contribution in [-0.4, -0.2) is 31.1 Å². The maximum Gasteiger partial charge on any atom is 0.128 e. The van der Waals surface area contributed by atoms with Crippen LogP contribution >= 0.6 is 0 Å². The molecule has 0 saturated carbocycles. The van der Waals surface area contributed by atoms with Gasteiger partial charge in [0.1, 0.15) is 5.82 Å². The van der Waals surface area contributed by atoms with Gasteiger partial charge in [-0.2, -0.15) is 0 Å². The number of anilines is 1. The zero-order valence-electron chi connectivity index (χ0n) is 10.7. The number of nitrogens with zero attached hydrogens (tertiary/aromatic N) is 1. The molecule has 2 rings (SSSR count). The van der Waals surface area contributed by atoms with Gasteiger partial charge >= 0.3 is 0 Å². The number of likely N-dealkylation sites (tertiary alicyclic amines) is 1. The van der Waals surface area contributed by atoms with Crippen LogP contribution < -0.4 is 5.32 Å². The van der Waals surface area contributed by atoms with Crippen molar-refractivity contribution >= 4 is 5.69 Å². The van der Waals surface area contributed by atoms with E-state index in [0.717, 1.165) is 18.7 Å². The van der Waals surface area contributed by atoms with Gasteiger partial charge in [-0.05, 0) is 64.0 Å². The molecule has 1 aromatic rings. The maximum atomic E-state index is 13.4. The first-order valence-electron chi connectivity index (χ1n) is 6.36. The van der Waals surface area contributed by atoms with Crippen LogP contribution in [0.25, 0.3) is 0 Å². The molecule has 0 amide bonds. The van der Waals surface area contributed by atoms with Crippen molar-refractivity contribution in [3.05, 3.63) is 29.6 Å². The van der Waals surface area contributed by atoms with Gasteiger partial charge < -0.3 is 10.2 Å². The number of hydrogen-bond acceptors (Lipinski definition) is 2. The zero-order chi connectivity index (χ0) is 12.3. The van der Waals surface area contributed by atoms with E-state index in [1.807, 2.05) is 12.1 Å². The molecule has 1 N–H and O–H groups in total. The highest BCUT2D eigenvalue weighted by Crippen LogP contribution is 2.18. The number of hydrogen-bond donors (Lipinski definition) is 1. The van der Waals surface area contributed by atoms with Crippen LogP contribution in [0.4, 0.5) is 10.1 Å². The summed E-state index contributed by atoms with van der Waals surface area (Å²) in [5.41, 5.74) is 1.61. The van der Waals surface area contributed by atoms with Crippen molar-refractivity contribution in [2.24, 2.45) is 0 Å². The van der Waals surface area contributed by atoms with Crippen LogP contribution in [-0.2, 0) is 0 Å². The van der Waals surface area contributed by atoms with Crippen molar-refractivity contribution in [2.45, 2.75) is 32.2 Å². The first-order chi connectivity index (χ1) is 8.15. The van der Waals surface area contributed by atoms with Gasteiger partial charge in [0.15, 0.2) is 0 Å². The number of halogens is 1. The average molecular weight is 236 g/mol. The van der Waals surface area contributed by atoms with E-state index < -0.39 is 0 Å². The molecule has 3 heteroatoms. The molecule has 1 aliphatic heterocycles. The molecular weight excluding hydrogens is 215 g/mol. The molecule has 94 valence electrons. The standard InChI is InChI=1S/C14H21FN2/c1-11-5-6-13(10-14(11)15)16-12-4-3-8-17(2)9-7-12/h5-6,10,12,16H,3-4,7-9H2,1-2H3. The van der Waals surface area contributed by atoms with Gasteiger partial charge in [0.25, 0.3) is 0 Å². The second-order valence-corrected chi connectivity index (χ2v) is 5.04. The summed E-state index contributed by atoms with van der Waals surface area (Å²) in [5, 5.41) is 3.44. The summed E-state index contributed by atoms with van der Waals surface area (Å²) < 4.78 is 13.4. The molecule has 1 fully saturated rings. The van der Waals surface area contributed by atoms with Crippen molar-refractivity contribution in [2.75, 3.05) is 25.5 Å². The lowest BCUT2D eigenvalue weighted by atomic mass is 10.1. The zero-order valence-corrected chi connectivity index (χ0v) is 10.7. The third kappa shape index (κ3) is 3.43. The average Bonchev–Trinajstić information content (AvgIpc) is 2.49. The van der Waals surface area contributed by atoms with E-state index in [1.54, 1.807) is 13.0 Å². The molecule has 1 aromatic carbocycles. The molecule has 1 saturated heterocycles. The Morgan fingerprint density at radius 3 is 2.88 bits per heavy atom. The molecule has 1 aliphatic rings. The fraction of sp³-hybridized carbons (Fsp3) is 0.571. The Balaban J connectivity index is 1.97. The summed E-state index contributed by atoms with van der Waals surface area (Å²) in [5.74, 6) is -0.124. The number of benzene rings is 1. The predicted molar refractivity (Wildman–Crippen MR) is 69.9 cm³/mol. The minimum Gasteiger partial charge on any atom is -0.382 e. The first kappa shape index (κ1) is 12.4. The van der Waals surface area contributed by atoms with Crippen molar-refractivity contribution < 1.29 is 4.39 Å². The lowest BCUT2D eigenvalue weighted by molar-refractivity contribution is 0.348. The fourth-order valence-corrected chi connectivity index (χ4v) is 2.30. The minimum absolute atomic E-state index is 0.124. The van der Waals surface area contributed by atoms with Gasteiger partial charge in [0.05, 0.1) is 0 Å². The Labute approximate surface area is 103 Å². The Morgan fingerprint density at radius 1 is 1.29 bits per heavy atom. The second kappa shape index (κ2) is 5.50. The van der Waals surface area contributed by atoms with E-state index >= 15 is 0 Å². The van der Waals surface area contributed by atoms with Gasteiger partial charge in [0.2, 0.25) is 0 Å². The molecule has 1 unspecified atom stereocenters. The normalized spacial score (nSPS) is 22.2. The quantitative estimate of drug-likeness (QED) is 0.849. The molecule has 1 heterocycles. The Kier molecular flexibility index (Phi) is 4.00. The Bertz CT molecular complexity index is 378. The third-order valence-electron chi connectivity index (χ3n) is 3.49. The SMILES string of the molecule is Cc1ccc(NC2CCCN(C)CC2)cc1F. The molecule has 17 heavy (non-hydrogen) atoms. The topological polar surface area (TPSA) is 15.3 Å². The van der Waals surface area contributed by atoms with Gasteiger partial charge in [-0.15, -0.1) is 0 Å². The number of rotatable bonds is 2. The first-order valence-corrected chi connectivity index (χ1v) is 6.36. The number of nitrogens with one attached hydrogen (secondary N) is 1. The van der Waals surface area contributed by atoms with E-state index in [4.69, 9.17) is 0 Å². The molecule has 1 atom stereocenters.